The van der Waals surface area contributed by atoms with E-state index in [0.717, 1.165) is 10.5 Å². The number of hydrogen-bond acceptors (Lipinski definition) is 4. The second-order valence-corrected chi connectivity index (χ2v) is 13.6. The van der Waals surface area contributed by atoms with Crippen molar-refractivity contribution in [2.75, 3.05) is 14.1 Å². The molecule has 0 aliphatic heterocycles. The molecule has 24 heavy (non-hydrogen) atoms. The molecule has 0 spiro atoms. The average Bonchev–Trinajstić information content (AvgIpc) is 2.45. The number of hydrogen-bond donors (Lipinski definition) is 0. The van der Waals surface area contributed by atoms with Gasteiger partial charge in [-0.05, 0) is 37.2 Å². The van der Waals surface area contributed by atoms with Gasteiger partial charge < -0.3 is 9.33 Å². The molecule has 0 fully saturated rings. The number of ketones is 1. The normalized spacial score (nSPS) is 13.5. The van der Waals surface area contributed by atoms with Crippen LogP contribution in [0.5, 0.6) is 0 Å². The van der Waals surface area contributed by atoms with Crippen LogP contribution >= 0.6 is 11.8 Å². The van der Waals surface area contributed by atoms with E-state index < -0.39 is 25.4 Å². The lowest BCUT2D eigenvalue weighted by Gasteiger charge is -2.38. The molecule has 0 aromatic heterocycles. The Hall–Kier alpha value is -1.11. The minimum atomic E-state index is -2.19. The predicted molar refractivity (Wildman–Crippen MR) is 103 cm³/mol. The third kappa shape index (κ3) is 5.46. The van der Waals surface area contributed by atoms with Gasteiger partial charge in [0.2, 0.25) is 0 Å². The first-order chi connectivity index (χ1) is 10.8. The number of amides is 1. The number of likely N-dealkylation sites (N-methyl/N-ethyl adjacent to an activating group) is 1. The Bertz CT molecular complexity index is 591. The van der Waals surface area contributed by atoms with Crippen molar-refractivity contribution in [3.05, 3.63) is 29.8 Å². The second-order valence-electron chi connectivity index (χ2n) is 7.70. The smallest absolute Gasteiger partial charge is 0.293 e. The third-order valence-electron chi connectivity index (χ3n) is 4.30. The minimum absolute atomic E-state index is 0.0411. The Balaban J connectivity index is 3.09. The lowest BCUT2D eigenvalue weighted by Crippen LogP contribution is -2.47. The van der Waals surface area contributed by atoms with Gasteiger partial charge in [-0.25, -0.2) is 0 Å². The van der Waals surface area contributed by atoms with Gasteiger partial charge in [0, 0.05) is 19.0 Å². The summed E-state index contributed by atoms with van der Waals surface area (Å²) in [5, 5.41) is -0.0411. The summed E-state index contributed by atoms with van der Waals surface area (Å²) in [4.78, 5) is 27.0. The van der Waals surface area contributed by atoms with Crippen LogP contribution in [-0.2, 0) is 14.0 Å². The summed E-state index contributed by atoms with van der Waals surface area (Å²) in [5.41, 5.74) is 0.334. The fourth-order valence-electron chi connectivity index (χ4n) is 1.64. The Labute approximate surface area is 151 Å². The zero-order chi connectivity index (χ0) is 18.7. The largest absolute Gasteiger partial charge is 0.398 e. The van der Waals surface area contributed by atoms with Gasteiger partial charge in [0.05, 0.1) is 0 Å². The van der Waals surface area contributed by atoms with Crippen molar-refractivity contribution < 1.29 is 14.0 Å². The van der Waals surface area contributed by atoms with Gasteiger partial charge in [0.25, 0.3) is 11.7 Å². The van der Waals surface area contributed by atoms with Gasteiger partial charge >= 0.3 is 0 Å². The zero-order valence-electron chi connectivity index (χ0n) is 16.0. The molecule has 1 aromatic carbocycles. The molecule has 134 valence electrons. The van der Waals surface area contributed by atoms with E-state index in [9.17, 15) is 9.59 Å². The molecule has 0 saturated heterocycles. The molecule has 0 N–H and O–H groups in total. The fourth-order valence-corrected chi connectivity index (χ4v) is 4.30. The van der Waals surface area contributed by atoms with Crippen molar-refractivity contribution in [3.8, 4) is 0 Å². The average molecular weight is 368 g/mol. The Kier molecular flexibility index (Phi) is 6.84. The molecule has 0 unspecified atom stereocenters. The van der Waals surface area contributed by atoms with Crippen LogP contribution in [0.15, 0.2) is 29.2 Å². The maximum Gasteiger partial charge on any atom is 0.293 e. The summed E-state index contributed by atoms with van der Waals surface area (Å²) in [7, 11) is 0.978. The van der Waals surface area contributed by atoms with Crippen molar-refractivity contribution in [2.24, 2.45) is 0 Å². The first-order valence-corrected chi connectivity index (χ1v) is 11.8. The maximum atomic E-state index is 12.6. The number of carbonyl (C=O) groups excluding carboxylic acids is 2. The molecule has 4 nitrogen and oxygen atoms in total. The van der Waals surface area contributed by atoms with Gasteiger partial charge in [0.1, 0.15) is 0 Å². The quantitative estimate of drug-likeness (QED) is 0.329. The zero-order valence-corrected chi connectivity index (χ0v) is 17.8. The minimum Gasteiger partial charge on any atom is -0.398 e. The number of benzene rings is 1. The second kappa shape index (κ2) is 7.85. The molecule has 0 saturated carbocycles. The van der Waals surface area contributed by atoms with Crippen LogP contribution in [-0.4, -0.2) is 44.4 Å². The number of rotatable bonds is 6. The third-order valence-corrected chi connectivity index (χ3v) is 9.98. The Morgan fingerprint density at radius 2 is 1.62 bits per heavy atom. The molecule has 6 heteroatoms. The van der Waals surface area contributed by atoms with Gasteiger partial charge in [-0.1, -0.05) is 50.2 Å². The van der Waals surface area contributed by atoms with Gasteiger partial charge in [-0.2, -0.15) is 0 Å². The van der Waals surface area contributed by atoms with E-state index in [0.29, 0.717) is 0 Å². The Morgan fingerprint density at radius 3 is 2.04 bits per heavy atom. The van der Waals surface area contributed by atoms with Gasteiger partial charge in [-0.3, -0.25) is 9.59 Å². The summed E-state index contributed by atoms with van der Waals surface area (Å²) in [6.45, 7) is 12.5. The molecule has 1 rings (SSSR count). The number of nitrogens with zero attached hydrogens (tertiary/aromatic N) is 1. The van der Waals surface area contributed by atoms with E-state index in [-0.39, 0.29) is 5.04 Å². The topological polar surface area (TPSA) is 46.6 Å². The van der Waals surface area contributed by atoms with Crippen molar-refractivity contribution in [3.63, 3.8) is 0 Å². The highest BCUT2D eigenvalue weighted by atomic mass is 32.2. The van der Waals surface area contributed by atoms with Crippen molar-refractivity contribution in [1.82, 2.24) is 4.90 Å². The number of aryl methyl sites for hydroxylation is 1. The van der Waals surface area contributed by atoms with E-state index in [4.69, 9.17) is 4.43 Å². The summed E-state index contributed by atoms with van der Waals surface area (Å²) >= 11 is 1.31. The molecule has 0 radical (unpaired) electrons. The molecule has 0 aliphatic carbocycles. The first kappa shape index (κ1) is 20.9. The van der Waals surface area contributed by atoms with Crippen molar-refractivity contribution >= 4 is 31.8 Å². The summed E-state index contributed by atoms with van der Waals surface area (Å²) in [5.74, 6) is -1.03. The standard InChI is InChI=1S/C18H29NO3SSi/c1-13-9-11-14(12-10-13)23-17(15(20)16(21)19(5)6)22-24(7,8)18(2,3)4/h9-12,17H,1-8H3/t17-/m0/s1. The molecule has 1 atom stereocenters. The van der Waals surface area contributed by atoms with Gasteiger partial charge in [-0.15, -0.1) is 0 Å². The predicted octanol–water partition coefficient (Wildman–Crippen LogP) is 4.09. The van der Waals surface area contributed by atoms with E-state index in [2.05, 4.69) is 33.9 Å². The van der Waals surface area contributed by atoms with Crippen LogP contribution in [0.4, 0.5) is 0 Å². The van der Waals surface area contributed by atoms with E-state index in [1.54, 1.807) is 14.1 Å². The first-order valence-electron chi connectivity index (χ1n) is 8.02. The van der Waals surface area contributed by atoms with Crippen LogP contribution in [0, 0.1) is 6.92 Å². The lowest BCUT2D eigenvalue weighted by molar-refractivity contribution is -0.144. The lowest BCUT2D eigenvalue weighted by atomic mass is 10.2. The number of thioether (sulfide) groups is 1. The van der Waals surface area contributed by atoms with Crippen LogP contribution in [0.25, 0.3) is 0 Å². The molecule has 0 bridgehead atoms. The summed E-state index contributed by atoms with van der Waals surface area (Å²) in [6.07, 6.45) is 0. The van der Waals surface area contributed by atoms with E-state index in [1.165, 1.54) is 16.7 Å². The summed E-state index contributed by atoms with van der Waals surface area (Å²) < 4.78 is 6.27. The van der Waals surface area contributed by atoms with Crippen LogP contribution < -0.4 is 0 Å². The van der Waals surface area contributed by atoms with Crippen molar-refractivity contribution in [1.29, 1.82) is 0 Å². The number of carbonyl (C=O) groups is 2. The monoisotopic (exact) mass is 367 g/mol. The summed E-state index contributed by atoms with van der Waals surface area (Å²) in [6, 6.07) is 7.89. The highest BCUT2D eigenvalue weighted by molar-refractivity contribution is 8.00. The maximum absolute atomic E-state index is 12.6. The highest BCUT2D eigenvalue weighted by Crippen LogP contribution is 2.39. The van der Waals surface area contributed by atoms with E-state index in [1.807, 2.05) is 31.2 Å². The molecule has 0 heterocycles. The Morgan fingerprint density at radius 1 is 1.12 bits per heavy atom. The van der Waals surface area contributed by atoms with E-state index >= 15 is 0 Å². The molecule has 0 aliphatic rings. The SMILES string of the molecule is Cc1ccc(S[C@H](O[Si](C)(C)C(C)(C)C)C(=O)C(=O)N(C)C)cc1. The fraction of sp³-hybridized carbons (Fsp3) is 0.556. The van der Waals surface area contributed by atoms with Crippen LogP contribution in [0.3, 0.4) is 0 Å². The van der Waals surface area contributed by atoms with Crippen molar-refractivity contribution in [2.45, 2.75) is 56.2 Å². The van der Waals surface area contributed by atoms with Crippen LogP contribution in [0.1, 0.15) is 26.3 Å². The van der Waals surface area contributed by atoms with Crippen LogP contribution in [0.2, 0.25) is 18.1 Å². The highest BCUT2D eigenvalue weighted by Gasteiger charge is 2.42. The number of Topliss-reactive ketones (excluding diaryl/α,β-unsaturated/α-hetero) is 1. The molecular weight excluding hydrogens is 338 g/mol. The molecule has 1 aromatic rings. The molecule has 1 amide bonds. The van der Waals surface area contributed by atoms with Gasteiger partial charge in [0.15, 0.2) is 13.8 Å². The molecular formula is C18H29NO3SSi.